The van der Waals surface area contributed by atoms with Crippen LogP contribution in [0.4, 0.5) is 0 Å². The molecule has 5 nitrogen and oxygen atoms in total. The molecule has 1 saturated heterocycles. The van der Waals surface area contributed by atoms with Crippen LogP contribution < -0.4 is 16.1 Å². The van der Waals surface area contributed by atoms with Gasteiger partial charge < -0.3 is 9.73 Å². The molecule has 1 aliphatic heterocycles. The summed E-state index contributed by atoms with van der Waals surface area (Å²) in [6.07, 6.45) is 2.75. The lowest BCUT2D eigenvalue weighted by molar-refractivity contribution is -0.115. The van der Waals surface area contributed by atoms with E-state index in [0.29, 0.717) is 16.5 Å². The van der Waals surface area contributed by atoms with Crippen molar-refractivity contribution in [3.05, 3.63) is 52.0 Å². The summed E-state index contributed by atoms with van der Waals surface area (Å²) in [7, 11) is 0. The summed E-state index contributed by atoms with van der Waals surface area (Å²) in [6, 6.07) is 6.93. The Morgan fingerprint density at radius 2 is 1.95 bits per heavy atom. The van der Waals surface area contributed by atoms with Crippen molar-refractivity contribution >= 4 is 40.3 Å². The molecule has 0 saturated carbocycles. The van der Waals surface area contributed by atoms with Crippen LogP contribution in [0.5, 0.6) is 0 Å². The third kappa shape index (κ3) is 2.02. The van der Waals surface area contributed by atoms with Crippen molar-refractivity contribution in [2.45, 2.75) is 0 Å². The summed E-state index contributed by atoms with van der Waals surface area (Å²) in [5.74, 6) is -0.363. The van der Waals surface area contributed by atoms with Gasteiger partial charge in [0.05, 0.1) is 10.9 Å². The van der Waals surface area contributed by atoms with E-state index in [9.17, 15) is 9.59 Å². The standard InChI is InChI=1S/C13H8N2O3S/c16-11-7(5-9-12(17)15-13(19)14-9)6-18-10-4-2-1-3-8(10)11/h1-6H,(H2,14,15,17,19). The predicted molar refractivity (Wildman–Crippen MR) is 74.3 cm³/mol. The van der Waals surface area contributed by atoms with Gasteiger partial charge in [0.2, 0.25) is 0 Å². The maximum absolute atomic E-state index is 12.2. The molecule has 2 N–H and O–H groups in total. The van der Waals surface area contributed by atoms with Gasteiger partial charge >= 0.3 is 0 Å². The number of nitrogens with one attached hydrogen (secondary N) is 2. The monoisotopic (exact) mass is 272 g/mol. The van der Waals surface area contributed by atoms with Crippen LogP contribution in [0.3, 0.4) is 0 Å². The number of carbonyl (C=O) groups excluding carboxylic acids is 1. The quantitative estimate of drug-likeness (QED) is 0.601. The zero-order valence-electron chi connectivity index (χ0n) is 9.60. The highest BCUT2D eigenvalue weighted by molar-refractivity contribution is 7.80. The van der Waals surface area contributed by atoms with E-state index in [1.54, 1.807) is 24.3 Å². The number of hydrogen-bond donors (Lipinski definition) is 2. The van der Waals surface area contributed by atoms with Gasteiger partial charge in [-0.3, -0.25) is 14.9 Å². The molecule has 0 spiro atoms. The average Bonchev–Trinajstić information content (AvgIpc) is 2.72. The van der Waals surface area contributed by atoms with Crippen LogP contribution >= 0.6 is 12.2 Å². The molecule has 19 heavy (non-hydrogen) atoms. The van der Waals surface area contributed by atoms with Crippen LogP contribution in [0.2, 0.25) is 0 Å². The molecule has 1 aliphatic rings. The normalized spacial score (nSPS) is 16.7. The van der Waals surface area contributed by atoms with E-state index in [-0.39, 0.29) is 22.1 Å². The Morgan fingerprint density at radius 1 is 1.16 bits per heavy atom. The Hall–Kier alpha value is -2.47. The Labute approximate surface area is 112 Å². The second-order valence-electron chi connectivity index (χ2n) is 3.98. The molecular weight excluding hydrogens is 264 g/mol. The first-order valence-corrected chi connectivity index (χ1v) is 5.90. The first-order chi connectivity index (χ1) is 9.15. The van der Waals surface area contributed by atoms with Crippen LogP contribution in [0.1, 0.15) is 5.56 Å². The highest BCUT2D eigenvalue weighted by atomic mass is 32.1. The number of rotatable bonds is 1. The second-order valence-corrected chi connectivity index (χ2v) is 4.39. The van der Waals surface area contributed by atoms with Crippen LogP contribution in [-0.2, 0) is 4.79 Å². The fraction of sp³-hybridized carbons (Fsp3) is 0. The molecule has 0 atom stereocenters. The largest absolute Gasteiger partial charge is 0.463 e. The van der Waals surface area contributed by atoms with Crippen molar-refractivity contribution in [1.82, 2.24) is 10.6 Å². The smallest absolute Gasteiger partial charge is 0.273 e. The number of amides is 1. The van der Waals surface area contributed by atoms with E-state index in [4.69, 9.17) is 16.6 Å². The zero-order chi connectivity index (χ0) is 13.4. The summed E-state index contributed by atoms with van der Waals surface area (Å²) in [6.45, 7) is 0. The topological polar surface area (TPSA) is 71.3 Å². The van der Waals surface area contributed by atoms with Crippen LogP contribution in [0, 0.1) is 0 Å². The molecule has 1 aromatic carbocycles. The van der Waals surface area contributed by atoms with Crippen molar-refractivity contribution in [2.75, 3.05) is 0 Å². The first-order valence-electron chi connectivity index (χ1n) is 5.50. The van der Waals surface area contributed by atoms with Crippen LogP contribution in [0.15, 0.2) is 45.4 Å². The predicted octanol–water partition coefficient (Wildman–Crippen LogP) is 1.14. The SMILES string of the molecule is O=C1NC(=S)NC1=Cc1coc2ccccc2c1=O. The number of thiocarbonyl (C=S) groups is 1. The molecule has 94 valence electrons. The summed E-state index contributed by atoms with van der Waals surface area (Å²) in [5, 5.41) is 5.80. The molecule has 6 heteroatoms. The highest BCUT2D eigenvalue weighted by Crippen LogP contribution is 2.12. The van der Waals surface area contributed by atoms with Crippen molar-refractivity contribution in [3.8, 4) is 0 Å². The summed E-state index contributed by atoms with van der Waals surface area (Å²) in [4.78, 5) is 23.7. The molecule has 0 radical (unpaired) electrons. The maximum Gasteiger partial charge on any atom is 0.273 e. The molecule has 1 fully saturated rings. The number of para-hydroxylation sites is 1. The number of benzene rings is 1. The summed E-state index contributed by atoms with van der Waals surface area (Å²) < 4.78 is 5.36. The van der Waals surface area contributed by atoms with Gasteiger partial charge in [-0.05, 0) is 30.4 Å². The van der Waals surface area contributed by atoms with Gasteiger partial charge in [0.25, 0.3) is 5.91 Å². The van der Waals surface area contributed by atoms with Crippen molar-refractivity contribution in [2.24, 2.45) is 0 Å². The van der Waals surface area contributed by atoms with Crippen LogP contribution in [-0.4, -0.2) is 11.0 Å². The molecule has 1 aromatic heterocycles. The van der Waals surface area contributed by atoms with Gasteiger partial charge in [0.1, 0.15) is 17.5 Å². The minimum absolute atomic E-state index is 0.193. The van der Waals surface area contributed by atoms with Crippen LogP contribution in [0.25, 0.3) is 17.0 Å². The van der Waals surface area contributed by atoms with E-state index in [0.717, 1.165) is 0 Å². The minimum atomic E-state index is -0.363. The van der Waals surface area contributed by atoms with Gasteiger partial charge in [-0.25, -0.2) is 0 Å². The Kier molecular flexibility index (Phi) is 2.64. The number of carbonyl (C=O) groups is 1. The lowest BCUT2D eigenvalue weighted by Gasteiger charge is -1.99. The van der Waals surface area contributed by atoms with E-state index < -0.39 is 0 Å². The summed E-state index contributed by atoms with van der Waals surface area (Å²) in [5.41, 5.74) is 0.837. The minimum Gasteiger partial charge on any atom is -0.463 e. The molecule has 0 aliphatic carbocycles. The maximum atomic E-state index is 12.2. The van der Waals surface area contributed by atoms with E-state index in [1.165, 1.54) is 12.3 Å². The Morgan fingerprint density at radius 3 is 2.68 bits per heavy atom. The third-order valence-electron chi connectivity index (χ3n) is 2.73. The van der Waals surface area contributed by atoms with Crippen molar-refractivity contribution < 1.29 is 9.21 Å². The summed E-state index contributed by atoms with van der Waals surface area (Å²) >= 11 is 4.81. The van der Waals surface area contributed by atoms with Gasteiger partial charge in [-0.2, -0.15) is 0 Å². The lowest BCUT2D eigenvalue weighted by atomic mass is 10.1. The third-order valence-corrected chi connectivity index (χ3v) is 2.93. The Bertz CT molecular complexity index is 792. The Balaban J connectivity index is 2.14. The molecule has 2 aromatic rings. The molecule has 2 heterocycles. The zero-order valence-corrected chi connectivity index (χ0v) is 10.4. The first kappa shape index (κ1) is 11.6. The highest BCUT2D eigenvalue weighted by Gasteiger charge is 2.20. The number of hydrogen-bond acceptors (Lipinski definition) is 4. The second kappa shape index (κ2) is 4.33. The molecule has 1 amide bonds. The van der Waals surface area contributed by atoms with Gasteiger partial charge in [-0.15, -0.1) is 0 Å². The van der Waals surface area contributed by atoms with E-state index in [1.807, 2.05) is 0 Å². The number of fused-ring (bicyclic) bond motifs is 1. The fourth-order valence-electron chi connectivity index (χ4n) is 1.83. The molecule has 0 unspecified atom stereocenters. The lowest BCUT2D eigenvalue weighted by Crippen LogP contribution is -2.21. The van der Waals surface area contributed by atoms with Gasteiger partial charge in [0, 0.05) is 0 Å². The van der Waals surface area contributed by atoms with E-state index >= 15 is 0 Å². The van der Waals surface area contributed by atoms with Gasteiger partial charge in [-0.1, -0.05) is 12.1 Å². The van der Waals surface area contributed by atoms with Crippen molar-refractivity contribution in [3.63, 3.8) is 0 Å². The fourth-order valence-corrected chi connectivity index (χ4v) is 2.03. The molecule has 3 rings (SSSR count). The van der Waals surface area contributed by atoms with E-state index in [2.05, 4.69) is 10.6 Å². The van der Waals surface area contributed by atoms with Gasteiger partial charge in [0.15, 0.2) is 10.5 Å². The molecule has 0 bridgehead atoms. The average molecular weight is 272 g/mol. The van der Waals surface area contributed by atoms with Crippen molar-refractivity contribution in [1.29, 1.82) is 0 Å². The molecular formula is C13H8N2O3S.